The maximum atomic E-state index is 9.77. The van der Waals surface area contributed by atoms with Gasteiger partial charge in [0.25, 0.3) is 0 Å². The monoisotopic (exact) mass is 208 g/mol. The van der Waals surface area contributed by atoms with Crippen molar-refractivity contribution >= 4 is 0 Å². The summed E-state index contributed by atoms with van der Waals surface area (Å²) in [6, 6.07) is 0.378. The second-order valence-corrected chi connectivity index (χ2v) is 5.31. The fourth-order valence-electron chi connectivity index (χ4n) is 2.61. The van der Waals surface area contributed by atoms with Gasteiger partial charge in [0.1, 0.15) is 5.82 Å². The molecule has 0 spiro atoms. The molecule has 1 aromatic heterocycles. The van der Waals surface area contributed by atoms with E-state index in [0.717, 1.165) is 25.1 Å². The van der Waals surface area contributed by atoms with Crippen LogP contribution in [-0.2, 0) is 0 Å². The van der Waals surface area contributed by atoms with Crippen LogP contribution in [0.5, 0.6) is 0 Å². The summed E-state index contributed by atoms with van der Waals surface area (Å²) in [4.78, 5) is 4.26. The van der Waals surface area contributed by atoms with Crippen molar-refractivity contribution in [3.63, 3.8) is 0 Å². The molecule has 0 radical (unpaired) electrons. The summed E-state index contributed by atoms with van der Waals surface area (Å²) in [5, 5.41) is 9.77. The zero-order chi connectivity index (χ0) is 11.1. The van der Waals surface area contributed by atoms with Crippen molar-refractivity contribution in [3.8, 4) is 0 Å². The Morgan fingerprint density at radius 2 is 2.27 bits per heavy atom. The van der Waals surface area contributed by atoms with Gasteiger partial charge in [-0.25, -0.2) is 4.98 Å². The van der Waals surface area contributed by atoms with E-state index in [-0.39, 0.29) is 11.5 Å². The number of imidazole rings is 1. The molecule has 84 valence electrons. The second-order valence-electron chi connectivity index (χ2n) is 5.31. The molecular weight excluding hydrogens is 188 g/mol. The molecular formula is C12H20N2O. The number of aromatic nitrogens is 2. The van der Waals surface area contributed by atoms with Crippen LogP contribution < -0.4 is 0 Å². The normalized spacial score (nSPS) is 30.4. The van der Waals surface area contributed by atoms with Gasteiger partial charge in [0, 0.05) is 18.4 Å². The molecule has 1 aromatic rings. The number of aryl methyl sites for hydroxylation is 1. The highest BCUT2D eigenvalue weighted by Gasteiger charge is 2.37. The maximum absolute atomic E-state index is 9.77. The van der Waals surface area contributed by atoms with Gasteiger partial charge in [-0.3, -0.25) is 0 Å². The Hall–Kier alpha value is -0.830. The Labute approximate surface area is 91.1 Å². The zero-order valence-electron chi connectivity index (χ0n) is 9.77. The highest BCUT2D eigenvalue weighted by molar-refractivity contribution is 4.99. The van der Waals surface area contributed by atoms with Crippen LogP contribution in [0.25, 0.3) is 0 Å². The second kappa shape index (κ2) is 3.63. The number of aliphatic hydroxyl groups is 1. The maximum Gasteiger partial charge on any atom is 0.105 e. The van der Waals surface area contributed by atoms with Crippen molar-refractivity contribution in [2.75, 3.05) is 0 Å². The summed E-state index contributed by atoms with van der Waals surface area (Å²) in [6.45, 7) is 6.59. The molecule has 1 saturated carbocycles. The average molecular weight is 208 g/mol. The zero-order valence-corrected chi connectivity index (χ0v) is 9.77. The van der Waals surface area contributed by atoms with E-state index in [1.165, 1.54) is 0 Å². The lowest BCUT2D eigenvalue weighted by atomic mass is 9.72. The first kappa shape index (κ1) is 10.7. The van der Waals surface area contributed by atoms with Gasteiger partial charge >= 0.3 is 0 Å². The molecule has 1 aliphatic carbocycles. The first-order chi connectivity index (χ1) is 7.00. The Kier molecular flexibility index (Phi) is 2.59. The Bertz CT molecular complexity index is 343. The van der Waals surface area contributed by atoms with E-state index in [1.54, 1.807) is 0 Å². The molecule has 0 aliphatic heterocycles. The van der Waals surface area contributed by atoms with E-state index in [0.29, 0.717) is 6.04 Å². The standard InChI is InChI=1S/C12H20N2O/c1-9-13-6-7-14(9)11-8-10(15)4-5-12(11,2)3/h6-7,10-11,15H,4-5,8H2,1-3H3. The molecule has 0 aromatic carbocycles. The number of nitrogens with zero attached hydrogens (tertiary/aromatic N) is 2. The van der Waals surface area contributed by atoms with Crippen LogP contribution in [-0.4, -0.2) is 20.8 Å². The van der Waals surface area contributed by atoms with E-state index in [9.17, 15) is 5.11 Å². The number of aliphatic hydroxyl groups excluding tert-OH is 1. The van der Waals surface area contributed by atoms with Crippen LogP contribution in [0.2, 0.25) is 0 Å². The molecule has 0 amide bonds. The molecule has 2 rings (SSSR count). The van der Waals surface area contributed by atoms with Gasteiger partial charge in [0.15, 0.2) is 0 Å². The van der Waals surface area contributed by atoms with E-state index in [1.807, 2.05) is 19.3 Å². The lowest BCUT2D eigenvalue weighted by Gasteiger charge is -2.41. The molecule has 1 fully saturated rings. The van der Waals surface area contributed by atoms with Crippen molar-refractivity contribution in [2.45, 2.75) is 52.2 Å². The van der Waals surface area contributed by atoms with E-state index >= 15 is 0 Å². The molecule has 1 aliphatic rings. The molecule has 3 heteroatoms. The van der Waals surface area contributed by atoms with Gasteiger partial charge in [-0.05, 0) is 31.6 Å². The van der Waals surface area contributed by atoms with E-state index < -0.39 is 0 Å². The third-order valence-corrected chi connectivity index (χ3v) is 3.72. The van der Waals surface area contributed by atoms with Crippen LogP contribution >= 0.6 is 0 Å². The van der Waals surface area contributed by atoms with E-state index in [2.05, 4.69) is 23.4 Å². The summed E-state index contributed by atoms with van der Waals surface area (Å²) in [6.07, 6.45) is 6.58. The predicted molar refractivity (Wildman–Crippen MR) is 59.6 cm³/mol. The van der Waals surface area contributed by atoms with E-state index in [4.69, 9.17) is 0 Å². The quantitative estimate of drug-likeness (QED) is 0.769. The Morgan fingerprint density at radius 1 is 1.53 bits per heavy atom. The van der Waals surface area contributed by atoms with Crippen LogP contribution in [0.1, 0.15) is 45.0 Å². The first-order valence-corrected chi connectivity index (χ1v) is 5.68. The van der Waals surface area contributed by atoms with Crippen molar-refractivity contribution in [1.29, 1.82) is 0 Å². The highest BCUT2D eigenvalue weighted by atomic mass is 16.3. The van der Waals surface area contributed by atoms with Crippen LogP contribution in [0.3, 0.4) is 0 Å². The van der Waals surface area contributed by atoms with Crippen LogP contribution in [0.4, 0.5) is 0 Å². The van der Waals surface area contributed by atoms with Crippen LogP contribution in [0, 0.1) is 12.3 Å². The van der Waals surface area contributed by atoms with Gasteiger partial charge < -0.3 is 9.67 Å². The average Bonchev–Trinajstić information content (AvgIpc) is 2.56. The minimum atomic E-state index is -0.148. The van der Waals surface area contributed by atoms with Crippen molar-refractivity contribution < 1.29 is 5.11 Å². The molecule has 1 heterocycles. The lowest BCUT2D eigenvalue weighted by Crippen LogP contribution is -2.36. The topological polar surface area (TPSA) is 38.0 Å². The van der Waals surface area contributed by atoms with Gasteiger partial charge in [-0.15, -0.1) is 0 Å². The predicted octanol–water partition coefficient (Wildman–Crippen LogP) is 2.30. The van der Waals surface area contributed by atoms with Crippen molar-refractivity contribution in [2.24, 2.45) is 5.41 Å². The highest BCUT2D eigenvalue weighted by Crippen LogP contribution is 2.44. The Morgan fingerprint density at radius 3 is 2.87 bits per heavy atom. The van der Waals surface area contributed by atoms with Crippen molar-refractivity contribution in [3.05, 3.63) is 18.2 Å². The minimum Gasteiger partial charge on any atom is -0.393 e. The number of hydrogen-bond donors (Lipinski definition) is 1. The summed E-state index contributed by atoms with van der Waals surface area (Å²) in [5.41, 5.74) is 0.255. The molecule has 3 nitrogen and oxygen atoms in total. The molecule has 15 heavy (non-hydrogen) atoms. The van der Waals surface area contributed by atoms with Gasteiger partial charge in [0.2, 0.25) is 0 Å². The number of rotatable bonds is 1. The number of hydrogen-bond acceptors (Lipinski definition) is 2. The van der Waals surface area contributed by atoms with Crippen molar-refractivity contribution in [1.82, 2.24) is 9.55 Å². The summed E-state index contributed by atoms with van der Waals surface area (Å²) in [5.74, 6) is 1.04. The van der Waals surface area contributed by atoms with Gasteiger partial charge in [-0.1, -0.05) is 13.8 Å². The van der Waals surface area contributed by atoms with Crippen LogP contribution in [0.15, 0.2) is 12.4 Å². The molecule has 2 unspecified atom stereocenters. The van der Waals surface area contributed by atoms with Gasteiger partial charge in [-0.2, -0.15) is 0 Å². The molecule has 0 saturated heterocycles. The van der Waals surface area contributed by atoms with Gasteiger partial charge in [0.05, 0.1) is 6.10 Å². The molecule has 0 bridgehead atoms. The summed E-state index contributed by atoms with van der Waals surface area (Å²) < 4.78 is 2.21. The fraction of sp³-hybridized carbons (Fsp3) is 0.750. The molecule has 1 N–H and O–H groups in total. The summed E-state index contributed by atoms with van der Waals surface area (Å²) >= 11 is 0. The third-order valence-electron chi connectivity index (χ3n) is 3.72. The summed E-state index contributed by atoms with van der Waals surface area (Å²) in [7, 11) is 0. The first-order valence-electron chi connectivity index (χ1n) is 5.68. The fourth-order valence-corrected chi connectivity index (χ4v) is 2.61. The third kappa shape index (κ3) is 1.93. The lowest BCUT2D eigenvalue weighted by molar-refractivity contribution is 0.0335. The minimum absolute atomic E-state index is 0.148. The largest absolute Gasteiger partial charge is 0.393 e. The smallest absolute Gasteiger partial charge is 0.105 e. The SMILES string of the molecule is Cc1nccn1C1CC(O)CCC1(C)C. The Balaban J connectivity index is 2.29. The molecule has 2 atom stereocenters.